The van der Waals surface area contributed by atoms with E-state index in [9.17, 15) is 4.79 Å². The average Bonchev–Trinajstić information content (AvgIpc) is 3.17. The Morgan fingerprint density at radius 3 is 2.90 bits per heavy atom. The van der Waals surface area contributed by atoms with E-state index in [0.29, 0.717) is 12.1 Å². The first-order valence-corrected chi connectivity index (χ1v) is 6.96. The molecule has 20 heavy (non-hydrogen) atoms. The van der Waals surface area contributed by atoms with Crippen LogP contribution in [0.3, 0.4) is 0 Å². The van der Waals surface area contributed by atoms with Gasteiger partial charge in [-0.15, -0.1) is 0 Å². The highest BCUT2D eigenvalue weighted by Gasteiger charge is 2.18. The van der Waals surface area contributed by atoms with Crippen LogP contribution in [-0.4, -0.2) is 30.1 Å². The van der Waals surface area contributed by atoms with Crippen molar-refractivity contribution in [3.8, 4) is 11.1 Å². The molecule has 104 valence electrons. The maximum Gasteiger partial charge on any atom is 0.253 e. The van der Waals surface area contributed by atoms with Crippen LogP contribution >= 0.6 is 0 Å². The number of nitrogens with one attached hydrogen (secondary N) is 2. The molecule has 4 heteroatoms. The van der Waals surface area contributed by atoms with Crippen molar-refractivity contribution in [2.75, 3.05) is 13.2 Å². The van der Waals surface area contributed by atoms with Gasteiger partial charge in [0.2, 0.25) is 0 Å². The predicted molar refractivity (Wildman–Crippen MR) is 77.5 cm³/mol. The fraction of sp³-hybridized carbons (Fsp3) is 0.312. The van der Waals surface area contributed by atoms with Gasteiger partial charge < -0.3 is 15.0 Å². The second kappa shape index (κ2) is 5.92. The third-order valence-electron chi connectivity index (χ3n) is 3.59. The number of aromatic amines is 1. The molecule has 2 N–H and O–H groups in total. The summed E-state index contributed by atoms with van der Waals surface area (Å²) in [5, 5.41) is 2.95. The molecule has 0 spiro atoms. The van der Waals surface area contributed by atoms with E-state index in [-0.39, 0.29) is 12.0 Å². The van der Waals surface area contributed by atoms with Gasteiger partial charge in [0.15, 0.2) is 0 Å². The number of rotatable bonds is 4. The number of aromatic nitrogens is 1. The minimum Gasteiger partial charge on any atom is -0.376 e. The van der Waals surface area contributed by atoms with Gasteiger partial charge in [-0.1, -0.05) is 30.3 Å². The molecule has 1 aliphatic rings. The Labute approximate surface area is 118 Å². The summed E-state index contributed by atoms with van der Waals surface area (Å²) in [6, 6.07) is 9.90. The first-order valence-electron chi connectivity index (χ1n) is 6.96. The monoisotopic (exact) mass is 270 g/mol. The zero-order chi connectivity index (χ0) is 13.8. The summed E-state index contributed by atoms with van der Waals surface area (Å²) in [5.74, 6) is -0.0550. The van der Waals surface area contributed by atoms with Crippen molar-refractivity contribution in [1.29, 1.82) is 0 Å². The van der Waals surface area contributed by atoms with Crippen LogP contribution in [0.4, 0.5) is 0 Å². The molecule has 4 nitrogen and oxygen atoms in total. The lowest BCUT2D eigenvalue weighted by Gasteiger charge is -2.11. The zero-order valence-electron chi connectivity index (χ0n) is 11.3. The topological polar surface area (TPSA) is 54.1 Å². The molecule has 0 saturated carbocycles. The van der Waals surface area contributed by atoms with Crippen molar-refractivity contribution in [2.45, 2.75) is 18.9 Å². The maximum absolute atomic E-state index is 12.3. The van der Waals surface area contributed by atoms with Crippen molar-refractivity contribution < 1.29 is 9.53 Å². The molecule has 3 rings (SSSR count). The Balaban J connectivity index is 1.70. The van der Waals surface area contributed by atoms with Crippen LogP contribution in [-0.2, 0) is 4.74 Å². The van der Waals surface area contributed by atoms with E-state index in [2.05, 4.69) is 10.3 Å². The highest BCUT2D eigenvalue weighted by Crippen LogP contribution is 2.23. The lowest BCUT2D eigenvalue weighted by Crippen LogP contribution is -2.31. The Hall–Kier alpha value is -2.07. The molecule has 2 heterocycles. The van der Waals surface area contributed by atoms with Crippen LogP contribution in [0.1, 0.15) is 23.2 Å². The summed E-state index contributed by atoms with van der Waals surface area (Å²) >= 11 is 0. The summed E-state index contributed by atoms with van der Waals surface area (Å²) in [6.07, 6.45) is 5.88. The van der Waals surface area contributed by atoms with E-state index in [1.165, 1.54) is 0 Å². The van der Waals surface area contributed by atoms with Gasteiger partial charge in [0, 0.05) is 31.1 Å². The highest BCUT2D eigenvalue weighted by atomic mass is 16.5. The first-order chi connectivity index (χ1) is 9.84. The Morgan fingerprint density at radius 1 is 1.30 bits per heavy atom. The number of hydrogen-bond acceptors (Lipinski definition) is 2. The molecule has 1 aromatic carbocycles. The molecule has 1 aliphatic heterocycles. The zero-order valence-corrected chi connectivity index (χ0v) is 11.3. The van der Waals surface area contributed by atoms with Crippen molar-refractivity contribution in [2.24, 2.45) is 0 Å². The molecule has 2 aromatic rings. The number of hydrogen-bond donors (Lipinski definition) is 2. The van der Waals surface area contributed by atoms with Gasteiger partial charge in [-0.05, 0) is 18.4 Å². The normalized spacial score (nSPS) is 18.1. The minimum absolute atomic E-state index is 0.0550. The molecule has 0 radical (unpaired) electrons. The Morgan fingerprint density at radius 2 is 2.15 bits per heavy atom. The summed E-state index contributed by atoms with van der Waals surface area (Å²) in [6.45, 7) is 1.39. The SMILES string of the molecule is O=C(NCC1CCCO1)c1c[nH]cc1-c1ccccc1. The van der Waals surface area contributed by atoms with Crippen LogP contribution < -0.4 is 5.32 Å². The lowest BCUT2D eigenvalue weighted by atomic mass is 10.0. The van der Waals surface area contributed by atoms with Crippen LogP contribution in [0.5, 0.6) is 0 Å². The van der Waals surface area contributed by atoms with Gasteiger partial charge in [-0.25, -0.2) is 0 Å². The van der Waals surface area contributed by atoms with Gasteiger partial charge in [-0.3, -0.25) is 4.79 Å². The number of carbonyl (C=O) groups is 1. The number of amides is 1. The van der Waals surface area contributed by atoms with Gasteiger partial charge in [-0.2, -0.15) is 0 Å². The Bertz CT molecular complexity index is 571. The van der Waals surface area contributed by atoms with Gasteiger partial charge >= 0.3 is 0 Å². The fourth-order valence-corrected chi connectivity index (χ4v) is 2.52. The molecule has 1 atom stereocenters. The van der Waals surface area contributed by atoms with Gasteiger partial charge in [0.25, 0.3) is 5.91 Å². The van der Waals surface area contributed by atoms with E-state index in [1.54, 1.807) is 6.20 Å². The average molecular weight is 270 g/mol. The van der Waals surface area contributed by atoms with Crippen LogP contribution in [0, 0.1) is 0 Å². The van der Waals surface area contributed by atoms with E-state index in [4.69, 9.17) is 4.74 Å². The summed E-state index contributed by atoms with van der Waals surface area (Å²) in [5.41, 5.74) is 2.64. The number of benzene rings is 1. The molecule has 1 amide bonds. The smallest absolute Gasteiger partial charge is 0.253 e. The molecule has 1 unspecified atom stereocenters. The molecular formula is C16H18N2O2. The van der Waals surface area contributed by atoms with E-state index < -0.39 is 0 Å². The second-order valence-corrected chi connectivity index (χ2v) is 4.99. The number of carbonyl (C=O) groups excluding carboxylic acids is 1. The molecule has 1 aromatic heterocycles. The van der Waals surface area contributed by atoms with E-state index >= 15 is 0 Å². The van der Waals surface area contributed by atoms with Crippen molar-refractivity contribution in [3.63, 3.8) is 0 Å². The van der Waals surface area contributed by atoms with Crippen LogP contribution in [0.15, 0.2) is 42.7 Å². The molecular weight excluding hydrogens is 252 g/mol. The van der Waals surface area contributed by atoms with Crippen molar-refractivity contribution >= 4 is 5.91 Å². The van der Waals surface area contributed by atoms with Crippen molar-refractivity contribution in [1.82, 2.24) is 10.3 Å². The lowest BCUT2D eigenvalue weighted by molar-refractivity contribution is 0.0858. The predicted octanol–water partition coefficient (Wildman–Crippen LogP) is 2.59. The maximum atomic E-state index is 12.3. The van der Waals surface area contributed by atoms with Gasteiger partial charge in [0.05, 0.1) is 11.7 Å². The standard InChI is InChI=1S/C16H18N2O2/c19-16(18-9-13-7-4-8-20-13)15-11-17-10-14(15)12-5-2-1-3-6-12/h1-3,5-6,10-11,13,17H,4,7-9H2,(H,18,19). The van der Waals surface area contributed by atoms with E-state index in [0.717, 1.165) is 30.6 Å². The first kappa shape index (κ1) is 12.9. The molecule has 1 saturated heterocycles. The number of ether oxygens (including phenoxy) is 1. The highest BCUT2D eigenvalue weighted by molar-refractivity contribution is 6.00. The quantitative estimate of drug-likeness (QED) is 0.897. The van der Waals surface area contributed by atoms with Crippen LogP contribution in [0.2, 0.25) is 0 Å². The summed E-state index contributed by atoms with van der Waals surface area (Å²) in [7, 11) is 0. The minimum atomic E-state index is -0.0550. The van der Waals surface area contributed by atoms with E-state index in [1.807, 2.05) is 36.5 Å². The fourth-order valence-electron chi connectivity index (χ4n) is 2.52. The molecule has 1 fully saturated rings. The third-order valence-corrected chi connectivity index (χ3v) is 3.59. The van der Waals surface area contributed by atoms with Crippen LogP contribution in [0.25, 0.3) is 11.1 Å². The van der Waals surface area contributed by atoms with Gasteiger partial charge in [0.1, 0.15) is 0 Å². The number of H-pyrrole nitrogens is 1. The van der Waals surface area contributed by atoms with Crippen molar-refractivity contribution in [3.05, 3.63) is 48.3 Å². The second-order valence-electron chi connectivity index (χ2n) is 4.99. The molecule has 0 aliphatic carbocycles. The Kier molecular flexibility index (Phi) is 3.83. The summed E-state index contributed by atoms with van der Waals surface area (Å²) < 4.78 is 5.51. The summed E-state index contributed by atoms with van der Waals surface area (Å²) in [4.78, 5) is 15.3. The third kappa shape index (κ3) is 2.75. The molecule has 0 bridgehead atoms. The largest absolute Gasteiger partial charge is 0.376 e.